The van der Waals surface area contributed by atoms with Crippen molar-refractivity contribution < 1.29 is 9.32 Å². The van der Waals surface area contributed by atoms with Crippen LogP contribution in [-0.4, -0.2) is 48.4 Å². The molecule has 1 amide bonds. The molecule has 0 fully saturated rings. The topological polar surface area (TPSA) is 96.2 Å². The molecule has 2 aromatic rings. The van der Waals surface area contributed by atoms with E-state index in [1.54, 1.807) is 13.1 Å². The Morgan fingerprint density at radius 1 is 1.33 bits per heavy atom. The van der Waals surface area contributed by atoms with Crippen LogP contribution < -0.4 is 15.5 Å². The Labute approximate surface area is 122 Å². The molecule has 112 valence electrons. The van der Waals surface area contributed by atoms with Gasteiger partial charge in [-0.05, 0) is 6.92 Å². The first-order chi connectivity index (χ1) is 10.1. The number of carbonyl (C=O) groups is 1. The zero-order valence-electron chi connectivity index (χ0n) is 12.3. The van der Waals surface area contributed by atoms with E-state index in [9.17, 15) is 4.79 Å². The molecule has 0 aliphatic rings. The summed E-state index contributed by atoms with van der Waals surface area (Å²) in [6.07, 6.45) is 3.09. The highest BCUT2D eigenvalue weighted by Crippen LogP contribution is 2.12. The number of amides is 1. The van der Waals surface area contributed by atoms with Crippen LogP contribution in [0.4, 0.5) is 11.5 Å². The second-order valence-electron chi connectivity index (χ2n) is 4.67. The maximum absolute atomic E-state index is 11.8. The molecule has 21 heavy (non-hydrogen) atoms. The van der Waals surface area contributed by atoms with Gasteiger partial charge >= 0.3 is 0 Å². The Bertz CT molecular complexity index is 610. The molecule has 0 aromatic carbocycles. The van der Waals surface area contributed by atoms with Crippen molar-refractivity contribution in [3.8, 4) is 0 Å². The highest BCUT2D eigenvalue weighted by Gasteiger charge is 2.11. The molecule has 2 N–H and O–H groups in total. The molecular formula is C13H18N6O2. The van der Waals surface area contributed by atoms with E-state index in [1.807, 2.05) is 25.1 Å². The fourth-order valence-corrected chi connectivity index (χ4v) is 1.67. The minimum Gasteiger partial charge on any atom is -0.376 e. The quantitative estimate of drug-likeness (QED) is 0.755. The monoisotopic (exact) mass is 290 g/mol. The van der Waals surface area contributed by atoms with Crippen LogP contribution in [0.5, 0.6) is 0 Å². The molecule has 0 saturated carbocycles. The summed E-state index contributed by atoms with van der Waals surface area (Å²) in [4.78, 5) is 13.7. The van der Waals surface area contributed by atoms with Gasteiger partial charge in [0.2, 0.25) is 0 Å². The normalized spacial score (nSPS) is 10.2. The van der Waals surface area contributed by atoms with Gasteiger partial charge in [-0.2, -0.15) is 5.10 Å². The first-order valence-corrected chi connectivity index (χ1v) is 6.51. The molecule has 2 heterocycles. The third-order valence-electron chi connectivity index (χ3n) is 2.87. The Morgan fingerprint density at radius 3 is 2.81 bits per heavy atom. The summed E-state index contributed by atoms with van der Waals surface area (Å²) in [6, 6.07) is 1.89. The summed E-state index contributed by atoms with van der Waals surface area (Å²) >= 11 is 0. The zero-order chi connectivity index (χ0) is 15.2. The van der Waals surface area contributed by atoms with Crippen LogP contribution in [0.15, 0.2) is 23.0 Å². The third kappa shape index (κ3) is 3.91. The van der Waals surface area contributed by atoms with E-state index in [0.29, 0.717) is 30.2 Å². The van der Waals surface area contributed by atoms with Crippen LogP contribution >= 0.6 is 0 Å². The van der Waals surface area contributed by atoms with Gasteiger partial charge < -0.3 is 20.1 Å². The lowest BCUT2D eigenvalue weighted by Crippen LogP contribution is -2.29. The minimum absolute atomic E-state index is 0.205. The Balaban J connectivity index is 1.79. The predicted molar refractivity (Wildman–Crippen MR) is 78.4 cm³/mol. The number of carbonyl (C=O) groups excluding carboxylic acids is 1. The van der Waals surface area contributed by atoms with Crippen LogP contribution in [0.25, 0.3) is 0 Å². The average Bonchev–Trinajstić information content (AvgIpc) is 2.90. The standard InChI is InChI=1S/C13H18N6O2/c1-9-11(8-17-21-9)13(20)15-5-4-14-12-6-10(19(2)3)7-16-18-12/h6-8H,4-5H2,1-3H3,(H,14,18)(H,15,20). The smallest absolute Gasteiger partial charge is 0.256 e. The van der Waals surface area contributed by atoms with Gasteiger partial charge in [0.15, 0.2) is 5.82 Å². The van der Waals surface area contributed by atoms with E-state index in [2.05, 4.69) is 26.0 Å². The third-order valence-corrected chi connectivity index (χ3v) is 2.87. The van der Waals surface area contributed by atoms with Gasteiger partial charge in [-0.15, -0.1) is 5.10 Å². The van der Waals surface area contributed by atoms with Gasteiger partial charge in [0.05, 0.1) is 18.1 Å². The number of nitrogens with zero attached hydrogens (tertiary/aromatic N) is 4. The summed E-state index contributed by atoms with van der Waals surface area (Å²) in [7, 11) is 3.87. The number of hydrogen-bond donors (Lipinski definition) is 2. The van der Waals surface area contributed by atoms with E-state index in [-0.39, 0.29) is 5.91 Å². The second kappa shape index (κ2) is 6.69. The first-order valence-electron chi connectivity index (χ1n) is 6.51. The van der Waals surface area contributed by atoms with E-state index in [1.165, 1.54) is 6.20 Å². The lowest BCUT2D eigenvalue weighted by Gasteiger charge is -2.12. The van der Waals surface area contributed by atoms with Gasteiger partial charge in [-0.3, -0.25) is 4.79 Å². The molecular weight excluding hydrogens is 272 g/mol. The largest absolute Gasteiger partial charge is 0.376 e. The van der Waals surface area contributed by atoms with Crippen molar-refractivity contribution in [3.05, 3.63) is 29.8 Å². The number of hydrogen-bond acceptors (Lipinski definition) is 7. The number of anilines is 2. The SMILES string of the molecule is Cc1oncc1C(=O)NCCNc1cc(N(C)C)cnn1. The summed E-state index contributed by atoms with van der Waals surface area (Å²) in [5.74, 6) is 0.963. The number of aromatic nitrogens is 3. The molecule has 0 unspecified atom stereocenters. The van der Waals surface area contributed by atoms with Gasteiger partial charge in [-0.25, -0.2) is 0 Å². The molecule has 0 radical (unpaired) electrons. The molecule has 2 aromatic heterocycles. The Morgan fingerprint density at radius 2 is 2.14 bits per heavy atom. The van der Waals surface area contributed by atoms with Crippen LogP contribution in [-0.2, 0) is 0 Å². The van der Waals surface area contributed by atoms with Crippen molar-refractivity contribution in [1.29, 1.82) is 0 Å². The fraction of sp³-hybridized carbons (Fsp3) is 0.385. The minimum atomic E-state index is -0.205. The van der Waals surface area contributed by atoms with Crippen LogP contribution in [0.2, 0.25) is 0 Å². The predicted octanol–water partition coefficient (Wildman–Crippen LogP) is 0.681. The molecule has 0 atom stereocenters. The van der Waals surface area contributed by atoms with E-state index in [4.69, 9.17) is 4.52 Å². The summed E-state index contributed by atoms with van der Waals surface area (Å²) < 4.78 is 4.85. The molecule has 0 aliphatic heterocycles. The molecule has 0 spiro atoms. The van der Waals surface area contributed by atoms with Gasteiger partial charge in [0.25, 0.3) is 5.91 Å². The Hall–Kier alpha value is -2.64. The molecule has 0 saturated heterocycles. The van der Waals surface area contributed by atoms with Crippen LogP contribution in [0.3, 0.4) is 0 Å². The fourth-order valence-electron chi connectivity index (χ4n) is 1.67. The number of aryl methyl sites for hydroxylation is 1. The van der Waals surface area contributed by atoms with Gasteiger partial charge in [-0.1, -0.05) is 5.16 Å². The van der Waals surface area contributed by atoms with Crippen molar-refractivity contribution in [2.45, 2.75) is 6.92 Å². The molecule has 8 nitrogen and oxygen atoms in total. The average molecular weight is 290 g/mol. The van der Waals surface area contributed by atoms with Crippen molar-refractivity contribution in [2.75, 3.05) is 37.4 Å². The molecule has 0 aliphatic carbocycles. The van der Waals surface area contributed by atoms with Gasteiger partial charge in [0.1, 0.15) is 11.3 Å². The summed E-state index contributed by atoms with van der Waals surface area (Å²) in [5.41, 5.74) is 1.40. The van der Waals surface area contributed by atoms with E-state index < -0.39 is 0 Å². The van der Waals surface area contributed by atoms with E-state index >= 15 is 0 Å². The second-order valence-corrected chi connectivity index (χ2v) is 4.67. The van der Waals surface area contributed by atoms with E-state index in [0.717, 1.165) is 5.69 Å². The van der Waals surface area contributed by atoms with Crippen molar-refractivity contribution >= 4 is 17.4 Å². The lowest BCUT2D eigenvalue weighted by atomic mass is 10.2. The number of rotatable bonds is 6. The van der Waals surface area contributed by atoms with Gasteiger partial charge in [0, 0.05) is 33.3 Å². The first kappa shape index (κ1) is 14.8. The summed E-state index contributed by atoms with van der Waals surface area (Å²) in [5, 5.41) is 17.3. The van der Waals surface area contributed by atoms with Crippen LogP contribution in [0.1, 0.15) is 16.1 Å². The molecule has 8 heteroatoms. The summed E-state index contributed by atoms with van der Waals surface area (Å²) in [6.45, 7) is 2.70. The van der Waals surface area contributed by atoms with Crippen LogP contribution in [0, 0.1) is 6.92 Å². The maximum Gasteiger partial charge on any atom is 0.256 e. The lowest BCUT2D eigenvalue weighted by molar-refractivity contribution is 0.0953. The maximum atomic E-state index is 11.8. The molecule has 2 rings (SSSR count). The highest BCUT2D eigenvalue weighted by atomic mass is 16.5. The van der Waals surface area contributed by atoms with Crippen molar-refractivity contribution in [1.82, 2.24) is 20.7 Å². The zero-order valence-corrected chi connectivity index (χ0v) is 12.3. The van der Waals surface area contributed by atoms with Crippen molar-refractivity contribution in [2.24, 2.45) is 0 Å². The Kier molecular flexibility index (Phi) is 4.70. The number of nitrogens with one attached hydrogen (secondary N) is 2. The molecule has 0 bridgehead atoms. The van der Waals surface area contributed by atoms with Crippen molar-refractivity contribution in [3.63, 3.8) is 0 Å². The highest BCUT2D eigenvalue weighted by molar-refractivity contribution is 5.94.